The summed E-state index contributed by atoms with van der Waals surface area (Å²) in [4.78, 5) is 16.6. The Bertz CT molecular complexity index is 1130. The van der Waals surface area contributed by atoms with Gasteiger partial charge in [0.25, 0.3) is 0 Å². The maximum Gasteiger partial charge on any atom is 0.226 e. The van der Waals surface area contributed by atoms with Gasteiger partial charge in [-0.15, -0.1) is 0 Å². The quantitative estimate of drug-likeness (QED) is 0.387. The lowest BCUT2D eigenvalue weighted by atomic mass is 10.1. The van der Waals surface area contributed by atoms with Crippen LogP contribution in [0.4, 0.5) is 0 Å². The molecule has 8 nitrogen and oxygen atoms in total. The number of ether oxygens (including phenoxy) is 1. The van der Waals surface area contributed by atoms with Crippen molar-refractivity contribution in [1.29, 1.82) is 0 Å². The molecule has 0 aliphatic rings. The predicted octanol–water partition coefficient (Wildman–Crippen LogP) is 3.96. The number of hydrogen-bond acceptors (Lipinski definition) is 7. The van der Waals surface area contributed by atoms with Crippen molar-refractivity contribution in [3.63, 3.8) is 0 Å². The van der Waals surface area contributed by atoms with E-state index in [2.05, 4.69) is 20.6 Å². The SMILES string of the molecule is COc1ccc(-c2noc(CCCCCNC(=O)Cc3noc4ccccc34)n2)cc1. The van der Waals surface area contributed by atoms with Gasteiger partial charge in [0.1, 0.15) is 11.4 Å². The number of aryl methyl sites for hydroxylation is 1. The molecule has 0 saturated heterocycles. The highest BCUT2D eigenvalue weighted by atomic mass is 16.5. The Labute approximate surface area is 179 Å². The number of hydrogen-bond donors (Lipinski definition) is 1. The van der Waals surface area contributed by atoms with Crippen molar-refractivity contribution in [3.05, 3.63) is 60.1 Å². The van der Waals surface area contributed by atoms with Crippen LogP contribution in [0.5, 0.6) is 5.75 Å². The first kappa shape index (κ1) is 20.6. The highest BCUT2D eigenvalue weighted by molar-refractivity contribution is 5.86. The summed E-state index contributed by atoms with van der Waals surface area (Å²) >= 11 is 0. The molecule has 31 heavy (non-hydrogen) atoms. The molecule has 0 atom stereocenters. The number of carbonyl (C=O) groups excluding carboxylic acids is 1. The number of unbranched alkanes of at least 4 members (excludes halogenated alkanes) is 2. The topological polar surface area (TPSA) is 103 Å². The van der Waals surface area contributed by atoms with E-state index in [4.69, 9.17) is 13.8 Å². The highest BCUT2D eigenvalue weighted by Gasteiger charge is 2.12. The van der Waals surface area contributed by atoms with E-state index >= 15 is 0 Å². The molecule has 0 spiro atoms. The van der Waals surface area contributed by atoms with E-state index in [1.165, 1.54) is 0 Å². The number of fused-ring (bicyclic) bond motifs is 1. The number of methoxy groups -OCH3 is 1. The smallest absolute Gasteiger partial charge is 0.226 e. The van der Waals surface area contributed by atoms with Crippen molar-refractivity contribution in [2.24, 2.45) is 0 Å². The van der Waals surface area contributed by atoms with Gasteiger partial charge in [0.2, 0.25) is 17.6 Å². The maximum absolute atomic E-state index is 12.2. The van der Waals surface area contributed by atoms with Crippen LogP contribution in [-0.4, -0.2) is 34.9 Å². The fraction of sp³-hybridized carbons (Fsp3) is 0.304. The number of carbonyl (C=O) groups is 1. The van der Waals surface area contributed by atoms with Crippen molar-refractivity contribution in [3.8, 4) is 17.1 Å². The third-order valence-corrected chi connectivity index (χ3v) is 4.99. The zero-order chi connectivity index (χ0) is 21.5. The molecular weight excluding hydrogens is 396 g/mol. The molecule has 0 aliphatic heterocycles. The monoisotopic (exact) mass is 420 g/mol. The van der Waals surface area contributed by atoms with Gasteiger partial charge in [0, 0.05) is 23.9 Å². The van der Waals surface area contributed by atoms with Crippen LogP contribution in [0.15, 0.2) is 57.6 Å². The second kappa shape index (κ2) is 9.88. The molecule has 4 aromatic rings. The Morgan fingerprint density at radius 1 is 1.00 bits per heavy atom. The van der Waals surface area contributed by atoms with Gasteiger partial charge in [-0.3, -0.25) is 4.79 Å². The summed E-state index contributed by atoms with van der Waals surface area (Å²) in [5.41, 5.74) is 2.25. The number of amides is 1. The maximum atomic E-state index is 12.2. The van der Waals surface area contributed by atoms with Gasteiger partial charge >= 0.3 is 0 Å². The molecule has 2 aromatic carbocycles. The fourth-order valence-electron chi connectivity index (χ4n) is 3.30. The first-order valence-electron chi connectivity index (χ1n) is 10.3. The standard InChI is InChI=1S/C23H24N4O4/c1-29-17-12-10-16(11-13-17)23-25-22(31-27-23)9-3-2-6-14-24-21(28)15-19-18-7-4-5-8-20(18)30-26-19/h4-5,7-8,10-13H,2-3,6,9,14-15H2,1H3,(H,24,28). The number of nitrogens with zero attached hydrogens (tertiary/aromatic N) is 3. The van der Waals surface area contributed by atoms with Gasteiger partial charge in [-0.25, -0.2) is 0 Å². The molecule has 4 rings (SSSR count). The van der Waals surface area contributed by atoms with Crippen LogP contribution >= 0.6 is 0 Å². The molecule has 1 N–H and O–H groups in total. The van der Waals surface area contributed by atoms with E-state index in [1.54, 1.807) is 7.11 Å². The van der Waals surface area contributed by atoms with E-state index in [0.29, 0.717) is 36.0 Å². The van der Waals surface area contributed by atoms with Gasteiger partial charge in [0.15, 0.2) is 5.58 Å². The summed E-state index contributed by atoms with van der Waals surface area (Å²) in [6.07, 6.45) is 3.67. The molecule has 2 heterocycles. The average Bonchev–Trinajstić information content (AvgIpc) is 3.44. The van der Waals surface area contributed by atoms with Crippen LogP contribution in [0.1, 0.15) is 30.8 Å². The number of para-hydroxylation sites is 1. The second-order valence-electron chi connectivity index (χ2n) is 7.20. The van der Waals surface area contributed by atoms with Gasteiger partial charge in [-0.2, -0.15) is 4.98 Å². The Balaban J connectivity index is 1.14. The van der Waals surface area contributed by atoms with Crippen molar-refractivity contribution in [2.75, 3.05) is 13.7 Å². The van der Waals surface area contributed by atoms with Gasteiger partial charge in [-0.1, -0.05) is 28.9 Å². The van der Waals surface area contributed by atoms with Crippen molar-refractivity contribution in [1.82, 2.24) is 20.6 Å². The van der Waals surface area contributed by atoms with Gasteiger partial charge in [-0.05, 0) is 49.2 Å². The number of rotatable bonds is 10. The Kier molecular flexibility index (Phi) is 6.56. The zero-order valence-corrected chi connectivity index (χ0v) is 17.3. The minimum absolute atomic E-state index is 0.0555. The molecule has 0 unspecified atom stereocenters. The fourth-order valence-corrected chi connectivity index (χ4v) is 3.30. The lowest BCUT2D eigenvalue weighted by Crippen LogP contribution is -2.26. The van der Waals surface area contributed by atoms with Crippen LogP contribution < -0.4 is 10.1 Å². The van der Waals surface area contributed by atoms with E-state index in [9.17, 15) is 4.79 Å². The lowest BCUT2D eigenvalue weighted by molar-refractivity contribution is -0.120. The van der Waals surface area contributed by atoms with Crippen LogP contribution in [-0.2, 0) is 17.6 Å². The number of benzene rings is 2. The molecule has 0 bridgehead atoms. The van der Waals surface area contributed by atoms with Crippen LogP contribution in [0.25, 0.3) is 22.4 Å². The second-order valence-corrected chi connectivity index (χ2v) is 7.20. The molecule has 0 aliphatic carbocycles. The molecule has 2 aromatic heterocycles. The number of nitrogens with one attached hydrogen (secondary N) is 1. The molecule has 0 fully saturated rings. The minimum Gasteiger partial charge on any atom is -0.497 e. The van der Waals surface area contributed by atoms with E-state index in [1.807, 2.05) is 48.5 Å². The summed E-state index contributed by atoms with van der Waals surface area (Å²) < 4.78 is 15.7. The van der Waals surface area contributed by atoms with Crippen LogP contribution in [0, 0.1) is 0 Å². The van der Waals surface area contributed by atoms with Gasteiger partial charge in [0.05, 0.1) is 13.5 Å². The van der Waals surface area contributed by atoms with Crippen molar-refractivity contribution >= 4 is 16.9 Å². The minimum atomic E-state index is -0.0555. The largest absolute Gasteiger partial charge is 0.497 e. The van der Waals surface area contributed by atoms with E-state index in [-0.39, 0.29) is 12.3 Å². The van der Waals surface area contributed by atoms with Crippen molar-refractivity contribution in [2.45, 2.75) is 32.1 Å². The summed E-state index contributed by atoms with van der Waals surface area (Å²) in [6, 6.07) is 15.1. The third-order valence-electron chi connectivity index (χ3n) is 4.99. The summed E-state index contributed by atoms with van der Waals surface area (Å²) in [5.74, 6) is 1.92. The Morgan fingerprint density at radius 2 is 1.84 bits per heavy atom. The van der Waals surface area contributed by atoms with E-state index in [0.717, 1.165) is 36.0 Å². The summed E-state index contributed by atoms with van der Waals surface area (Å²) in [6.45, 7) is 0.621. The molecule has 8 heteroatoms. The lowest BCUT2D eigenvalue weighted by Gasteiger charge is -2.03. The molecule has 0 radical (unpaired) electrons. The first-order chi connectivity index (χ1) is 15.2. The molecule has 160 valence electrons. The zero-order valence-electron chi connectivity index (χ0n) is 17.3. The highest BCUT2D eigenvalue weighted by Crippen LogP contribution is 2.20. The summed E-state index contributed by atoms with van der Waals surface area (Å²) in [5, 5.41) is 11.9. The molecule has 0 saturated carbocycles. The van der Waals surface area contributed by atoms with Crippen LogP contribution in [0.2, 0.25) is 0 Å². The van der Waals surface area contributed by atoms with Crippen LogP contribution in [0.3, 0.4) is 0 Å². The number of aromatic nitrogens is 3. The van der Waals surface area contributed by atoms with Crippen molar-refractivity contribution < 1.29 is 18.6 Å². The molecular formula is C23H24N4O4. The Morgan fingerprint density at radius 3 is 2.68 bits per heavy atom. The Hall–Kier alpha value is -3.68. The third kappa shape index (κ3) is 5.28. The summed E-state index contributed by atoms with van der Waals surface area (Å²) in [7, 11) is 1.63. The molecule has 1 amide bonds. The van der Waals surface area contributed by atoms with E-state index < -0.39 is 0 Å². The first-order valence-corrected chi connectivity index (χ1v) is 10.3. The normalized spacial score (nSPS) is 11.0. The average molecular weight is 420 g/mol. The van der Waals surface area contributed by atoms with Gasteiger partial charge < -0.3 is 19.1 Å². The predicted molar refractivity (Wildman–Crippen MR) is 115 cm³/mol.